The third kappa shape index (κ3) is 4.89. The van der Waals surface area contributed by atoms with Gasteiger partial charge in [0.2, 0.25) is 0 Å². The first-order chi connectivity index (χ1) is 18.6. The lowest BCUT2D eigenvalue weighted by molar-refractivity contribution is -0.348. The molecule has 0 bridgehead atoms. The number of benzene rings is 3. The highest BCUT2D eigenvalue weighted by molar-refractivity contribution is 6.21. The molecule has 0 radical (unpaired) electrons. The lowest BCUT2D eigenvalue weighted by Gasteiger charge is -2.31. The molecular formula is C29H22F7NO3. The molecule has 210 valence electrons. The summed E-state index contributed by atoms with van der Waals surface area (Å²) in [4.78, 5) is 39.2. The summed E-state index contributed by atoms with van der Waals surface area (Å²) >= 11 is 0. The van der Waals surface area contributed by atoms with E-state index in [9.17, 15) is 45.1 Å². The highest BCUT2D eigenvalue weighted by Crippen LogP contribution is 2.53. The van der Waals surface area contributed by atoms with E-state index >= 15 is 0 Å². The van der Waals surface area contributed by atoms with Crippen molar-refractivity contribution in [3.05, 3.63) is 105 Å². The Morgan fingerprint density at radius 3 is 1.80 bits per heavy atom. The molecule has 3 aromatic rings. The summed E-state index contributed by atoms with van der Waals surface area (Å²) in [7, 11) is 0. The van der Waals surface area contributed by atoms with Gasteiger partial charge in [-0.05, 0) is 47.7 Å². The van der Waals surface area contributed by atoms with Crippen LogP contribution in [0.15, 0.2) is 60.7 Å². The predicted octanol–water partition coefficient (Wildman–Crippen LogP) is 7.07. The van der Waals surface area contributed by atoms with Gasteiger partial charge in [-0.3, -0.25) is 19.3 Å². The minimum Gasteiger partial charge on any atom is -0.294 e. The van der Waals surface area contributed by atoms with Crippen molar-refractivity contribution in [3.63, 3.8) is 0 Å². The Morgan fingerprint density at radius 1 is 0.800 bits per heavy atom. The van der Waals surface area contributed by atoms with E-state index in [-0.39, 0.29) is 41.6 Å². The Bertz CT molecular complexity index is 1440. The number of amides is 2. The molecule has 0 unspecified atom stereocenters. The molecule has 2 amide bonds. The number of imide groups is 1. The maximum Gasteiger partial charge on any atom is 0.435 e. The summed E-state index contributed by atoms with van der Waals surface area (Å²) in [6.07, 6.45) is -12.9. The van der Waals surface area contributed by atoms with Gasteiger partial charge >= 0.3 is 18.0 Å². The number of Topliss-reactive ketones (excluding diaryl/α,β-unsaturated/α-hetero) is 1. The fraction of sp³-hybridized carbons (Fsp3) is 0.276. The molecule has 4 rings (SSSR count). The third-order valence-corrected chi connectivity index (χ3v) is 6.96. The summed E-state index contributed by atoms with van der Waals surface area (Å²) in [5, 5.41) is 0. The summed E-state index contributed by atoms with van der Waals surface area (Å²) < 4.78 is 94.3. The fourth-order valence-electron chi connectivity index (χ4n) is 4.77. The van der Waals surface area contributed by atoms with Crippen LogP contribution in [0.3, 0.4) is 0 Å². The van der Waals surface area contributed by atoms with Crippen molar-refractivity contribution < 1.29 is 45.1 Å². The number of alkyl halides is 7. The number of rotatable bonds is 7. The van der Waals surface area contributed by atoms with Gasteiger partial charge in [0.05, 0.1) is 17.7 Å². The van der Waals surface area contributed by atoms with Crippen LogP contribution < -0.4 is 0 Å². The predicted molar refractivity (Wildman–Crippen MR) is 131 cm³/mol. The molecule has 0 aliphatic carbocycles. The average Bonchev–Trinajstić information content (AvgIpc) is 3.13. The summed E-state index contributed by atoms with van der Waals surface area (Å²) in [6.45, 7) is 2.66. The van der Waals surface area contributed by atoms with Gasteiger partial charge in [-0.15, -0.1) is 0 Å². The molecule has 0 spiro atoms. The Morgan fingerprint density at radius 2 is 1.32 bits per heavy atom. The van der Waals surface area contributed by atoms with Crippen molar-refractivity contribution in [1.82, 2.24) is 4.90 Å². The van der Waals surface area contributed by atoms with Crippen molar-refractivity contribution in [2.24, 2.45) is 0 Å². The third-order valence-electron chi connectivity index (χ3n) is 6.96. The first-order valence-corrected chi connectivity index (χ1v) is 12.1. The van der Waals surface area contributed by atoms with E-state index in [0.29, 0.717) is 28.8 Å². The molecule has 0 atom stereocenters. The highest BCUT2D eigenvalue weighted by Gasteiger charge is 2.73. The standard InChI is InChI=1S/C29H22F7NO3/c1-3-18-13-20(27(30,28(31,32)33)29(34,35)36)12-16(2)23(18)14-24(38)19-10-8-17(9-11-19)15-37-25(39)21-6-4-5-7-22(21)26(37)40/h4-13H,3,14-15H2,1-2H3. The second-order valence-electron chi connectivity index (χ2n) is 9.48. The largest absolute Gasteiger partial charge is 0.435 e. The zero-order valence-corrected chi connectivity index (χ0v) is 21.2. The second-order valence-corrected chi connectivity index (χ2v) is 9.48. The number of hydrogen-bond donors (Lipinski definition) is 0. The van der Waals surface area contributed by atoms with Crippen molar-refractivity contribution in [3.8, 4) is 0 Å². The number of nitrogens with zero attached hydrogens (tertiary/aromatic N) is 1. The number of aryl methyl sites for hydroxylation is 2. The molecule has 0 saturated carbocycles. The monoisotopic (exact) mass is 565 g/mol. The van der Waals surface area contributed by atoms with Crippen LogP contribution in [-0.2, 0) is 25.1 Å². The molecule has 4 nitrogen and oxygen atoms in total. The quantitative estimate of drug-likeness (QED) is 0.175. The molecule has 3 aromatic carbocycles. The highest BCUT2D eigenvalue weighted by atomic mass is 19.4. The van der Waals surface area contributed by atoms with Crippen LogP contribution in [0, 0.1) is 6.92 Å². The van der Waals surface area contributed by atoms with Crippen LogP contribution in [0.2, 0.25) is 0 Å². The van der Waals surface area contributed by atoms with E-state index in [1.54, 1.807) is 24.3 Å². The normalized spacial score (nSPS) is 14.1. The van der Waals surface area contributed by atoms with Crippen molar-refractivity contribution in [2.75, 3.05) is 0 Å². The molecule has 0 saturated heterocycles. The summed E-state index contributed by atoms with van der Waals surface area (Å²) in [5.74, 6) is -1.36. The average molecular weight is 565 g/mol. The van der Waals surface area contributed by atoms with Gasteiger partial charge in [0.25, 0.3) is 11.8 Å². The maximum atomic E-state index is 14.6. The van der Waals surface area contributed by atoms with Gasteiger partial charge in [-0.1, -0.05) is 55.5 Å². The Kier molecular flexibility index (Phi) is 7.38. The van der Waals surface area contributed by atoms with Gasteiger partial charge in [-0.2, -0.15) is 26.3 Å². The Hall–Kier alpha value is -4.02. The van der Waals surface area contributed by atoms with E-state index in [1.165, 1.54) is 38.1 Å². The van der Waals surface area contributed by atoms with Gasteiger partial charge in [0, 0.05) is 17.5 Å². The van der Waals surface area contributed by atoms with E-state index in [4.69, 9.17) is 0 Å². The first kappa shape index (κ1) is 29.0. The molecule has 1 aliphatic heterocycles. The van der Waals surface area contributed by atoms with E-state index in [0.717, 1.165) is 4.90 Å². The van der Waals surface area contributed by atoms with Crippen LogP contribution in [0.5, 0.6) is 0 Å². The van der Waals surface area contributed by atoms with Crippen LogP contribution in [0.25, 0.3) is 0 Å². The molecule has 1 aliphatic rings. The minimum absolute atomic E-state index is 0.0129. The van der Waals surface area contributed by atoms with Crippen LogP contribution >= 0.6 is 0 Å². The topological polar surface area (TPSA) is 54.5 Å². The molecule has 40 heavy (non-hydrogen) atoms. The summed E-state index contributed by atoms with van der Waals surface area (Å²) in [5.41, 5.74) is -5.70. The lowest BCUT2D eigenvalue weighted by atomic mass is 9.86. The van der Waals surface area contributed by atoms with Crippen LogP contribution in [-0.4, -0.2) is 34.9 Å². The van der Waals surface area contributed by atoms with Gasteiger partial charge < -0.3 is 0 Å². The van der Waals surface area contributed by atoms with E-state index < -0.39 is 41.2 Å². The Labute approximate surface area is 224 Å². The Balaban J connectivity index is 1.55. The molecule has 0 aromatic heterocycles. The number of fused-ring (bicyclic) bond motifs is 1. The molecule has 0 N–H and O–H groups in total. The molecule has 0 fully saturated rings. The number of carbonyl (C=O) groups excluding carboxylic acids is 3. The first-order valence-electron chi connectivity index (χ1n) is 12.1. The van der Waals surface area contributed by atoms with Crippen LogP contribution in [0.1, 0.15) is 65.8 Å². The SMILES string of the molecule is CCc1cc(C(F)(C(F)(F)F)C(F)(F)F)cc(C)c1CC(=O)c1ccc(CN2C(=O)c3ccccc3C2=O)cc1. The fourth-order valence-corrected chi connectivity index (χ4v) is 4.77. The van der Waals surface area contributed by atoms with Crippen molar-refractivity contribution >= 4 is 17.6 Å². The van der Waals surface area contributed by atoms with Crippen molar-refractivity contribution in [2.45, 2.75) is 51.3 Å². The minimum atomic E-state index is -6.24. The lowest BCUT2D eigenvalue weighted by Crippen LogP contribution is -2.50. The van der Waals surface area contributed by atoms with E-state index in [2.05, 4.69) is 0 Å². The van der Waals surface area contributed by atoms with Crippen LogP contribution in [0.4, 0.5) is 30.7 Å². The number of halogens is 7. The summed E-state index contributed by atoms with van der Waals surface area (Å²) in [6, 6.07) is 13.4. The van der Waals surface area contributed by atoms with Gasteiger partial charge in [-0.25, -0.2) is 4.39 Å². The number of hydrogen-bond acceptors (Lipinski definition) is 3. The second kappa shape index (κ2) is 10.2. The smallest absolute Gasteiger partial charge is 0.294 e. The number of ketones is 1. The maximum absolute atomic E-state index is 14.6. The van der Waals surface area contributed by atoms with E-state index in [1.807, 2.05) is 0 Å². The van der Waals surface area contributed by atoms with Gasteiger partial charge in [0.1, 0.15) is 0 Å². The molecule has 1 heterocycles. The number of carbonyl (C=O) groups is 3. The van der Waals surface area contributed by atoms with Crippen molar-refractivity contribution in [1.29, 1.82) is 0 Å². The molecular weight excluding hydrogens is 543 g/mol. The zero-order valence-electron chi connectivity index (χ0n) is 21.2. The zero-order chi connectivity index (χ0) is 29.6. The molecule has 11 heteroatoms. The van der Waals surface area contributed by atoms with Gasteiger partial charge in [0.15, 0.2) is 5.78 Å².